The maximum Gasteiger partial charge on any atom is 0.340 e. The molecule has 2 amide bonds. The predicted molar refractivity (Wildman–Crippen MR) is 118 cm³/mol. The Morgan fingerprint density at radius 3 is 2.60 bits per heavy atom. The number of carbonyl (C=O) groups is 3. The van der Waals surface area contributed by atoms with Crippen molar-refractivity contribution in [3.63, 3.8) is 0 Å². The molecule has 1 unspecified atom stereocenters. The fourth-order valence-corrected chi connectivity index (χ4v) is 4.52. The molecule has 8 heteroatoms. The molecule has 2 heterocycles. The van der Waals surface area contributed by atoms with Gasteiger partial charge in [0.25, 0.3) is 0 Å². The molecular weight excluding hydrogens is 402 g/mol. The minimum atomic E-state index is -0.754. The van der Waals surface area contributed by atoms with E-state index >= 15 is 0 Å². The first kappa shape index (κ1) is 19.9. The monoisotopic (exact) mass is 423 g/mol. The first-order chi connectivity index (χ1) is 14.5. The molecule has 1 aliphatic rings. The molecule has 154 valence electrons. The number of benzene rings is 2. The number of ether oxygens (including phenoxy) is 1. The third-order valence-electron chi connectivity index (χ3n) is 4.99. The maximum absolute atomic E-state index is 12.8. The summed E-state index contributed by atoms with van der Waals surface area (Å²) in [7, 11) is 1.30. The van der Waals surface area contributed by atoms with Gasteiger partial charge in [-0.25, -0.2) is 4.79 Å². The summed E-state index contributed by atoms with van der Waals surface area (Å²) in [6, 6.07) is 12.4. The number of esters is 1. The highest BCUT2D eigenvalue weighted by molar-refractivity contribution is 7.16. The van der Waals surface area contributed by atoms with Crippen molar-refractivity contribution >= 4 is 56.3 Å². The van der Waals surface area contributed by atoms with E-state index in [9.17, 15) is 14.4 Å². The summed E-state index contributed by atoms with van der Waals surface area (Å²) in [5.74, 6) is -1.16. The van der Waals surface area contributed by atoms with Crippen LogP contribution >= 0.6 is 11.3 Å². The van der Waals surface area contributed by atoms with Crippen LogP contribution in [0.5, 0.6) is 0 Å². The third-order valence-corrected chi connectivity index (χ3v) is 6.18. The van der Waals surface area contributed by atoms with Gasteiger partial charge in [-0.1, -0.05) is 31.2 Å². The summed E-state index contributed by atoms with van der Waals surface area (Å²) < 4.78 is 4.81. The van der Waals surface area contributed by atoms with Gasteiger partial charge in [-0.3, -0.25) is 9.59 Å². The lowest BCUT2D eigenvalue weighted by molar-refractivity contribution is -0.121. The Balaban J connectivity index is 1.55. The van der Waals surface area contributed by atoms with E-state index in [1.54, 1.807) is 6.07 Å². The molecule has 1 aromatic heterocycles. The van der Waals surface area contributed by atoms with Gasteiger partial charge in [0.15, 0.2) is 0 Å². The number of carbonyl (C=O) groups excluding carboxylic acids is 3. The Hall–Kier alpha value is -3.39. The predicted octanol–water partition coefficient (Wildman–Crippen LogP) is 4.01. The van der Waals surface area contributed by atoms with Crippen molar-refractivity contribution in [1.82, 2.24) is 0 Å². The smallest absolute Gasteiger partial charge is 0.340 e. The topological polar surface area (TPSA) is 96.5 Å². The molecule has 3 aromatic rings. The summed E-state index contributed by atoms with van der Waals surface area (Å²) in [5.41, 5.74) is 1.82. The van der Waals surface area contributed by atoms with Crippen molar-refractivity contribution in [2.45, 2.75) is 25.8 Å². The second-order valence-corrected chi connectivity index (χ2v) is 8.09. The van der Waals surface area contributed by atoms with E-state index in [-0.39, 0.29) is 18.2 Å². The molecule has 0 bridgehead atoms. The average molecular weight is 423 g/mol. The molecule has 0 radical (unpaired) electrons. The largest absolute Gasteiger partial charge is 0.465 e. The number of hydrogen-bond donors (Lipinski definition) is 3. The summed E-state index contributed by atoms with van der Waals surface area (Å²) in [4.78, 5) is 38.5. The number of methoxy groups -OCH3 is 1. The highest BCUT2D eigenvalue weighted by atomic mass is 32.1. The van der Waals surface area contributed by atoms with Crippen LogP contribution in [0.1, 0.15) is 28.6 Å². The summed E-state index contributed by atoms with van der Waals surface area (Å²) >= 11 is 1.33. The van der Waals surface area contributed by atoms with Crippen molar-refractivity contribution in [1.29, 1.82) is 0 Å². The molecule has 3 N–H and O–H groups in total. The van der Waals surface area contributed by atoms with Crippen LogP contribution in [-0.2, 0) is 20.7 Å². The van der Waals surface area contributed by atoms with Gasteiger partial charge in [-0.05, 0) is 30.0 Å². The van der Waals surface area contributed by atoms with Crippen LogP contribution in [0.15, 0.2) is 42.5 Å². The quantitative estimate of drug-likeness (QED) is 0.539. The molecule has 0 saturated carbocycles. The van der Waals surface area contributed by atoms with Gasteiger partial charge < -0.3 is 20.7 Å². The number of amides is 2. The van der Waals surface area contributed by atoms with Crippen LogP contribution < -0.4 is 16.0 Å². The lowest BCUT2D eigenvalue weighted by Crippen LogP contribution is -2.36. The van der Waals surface area contributed by atoms with Crippen LogP contribution in [0.25, 0.3) is 10.8 Å². The van der Waals surface area contributed by atoms with Gasteiger partial charge in [-0.2, -0.15) is 0 Å². The molecule has 0 fully saturated rings. The van der Waals surface area contributed by atoms with Crippen molar-refractivity contribution in [2.24, 2.45) is 0 Å². The Bertz CT molecular complexity index is 1150. The molecule has 0 aliphatic carbocycles. The Morgan fingerprint density at radius 2 is 1.90 bits per heavy atom. The number of thiophene rings is 1. The number of anilines is 3. The van der Waals surface area contributed by atoms with Crippen molar-refractivity contribution in [3.05, 3.63) is 52.9 Å². The minimum Gasteiger partial charge on any atom is -0.465 e. The highest BCUT2D eigenvalue weighted by Gasteiger charge is 2.27. The number of aryl methyl sites for hydroxylation is 1. The fraction of sp³-hybridized carbons (Fsp3) is 0.227. The number of hydrogen-bond acceptors (Lipinski definition) is 6. The van der Waals surface area contributed by atoms with Gasteiger partial charge in [0.05, 0.1) is 24.8 Å². The molecule has 0 saturated heterocycles. The first-order valence-electron chi connectivity index (χ1n) is 9.60. The minimum absolute atomic E-state index is 0.0871. The zero-order valence-corrected chi connectivity index (χ0v) is 17.4. The van der Waals surface area contributed by atoms with Gasteiger partial charge in [0.1, 0.15) is 11.0 Å². The summed E-state index contributed by atoms with van der Waals surface area (Å²) in [6.07, 6.45) is 0.648. The lowest BCUT2D eigenvalue weighted by atomic mass is 10.1. The molecule has 0 spiro atoms. The molecule has 1 aliphatic heterocycles. The molecular formula is C22H21N3O4S. The van der Waals surface area contributed by atoms with Crippen LogP contribution in [0.2, 0.25) is 0 Å². The molecule has 30 heavy (non-hydrogen) atoms. The van der Waals surface area contributed by atoms with Gasteiger partial charge in [-0.15, -0.1) is 11.3 Å². The van der Waals surface area contributed by atoms with Gasteiger partial charge >= 0.3 is 5.97 Å². The van der Waals surface area contributed by atoms with Gasteiger partial charge in [0, 0.05) is 16.0 Å². The van der Waals surface area contributed by atoms with E-state index in [1.807, 2.05) is 43.3 Å². The van der Waals surface area contributed by atoms with Crippen LogP contribution in [-0.4, -0.2) is 30.9 Å². The molecule has 7 nitrogen and oxygen atoms in total. The van der Waals surface area contributed by atoms with Gasteiger partial charge in [0.2, 0.25) is 11.8 Å². The van der Waals surface area contributed by atoms with E-state index in [0.29, 0.717) is 16.3 Å². The Labute approximate surface area is 177 Å². The summed E-state index contributed by atoms with van der Waals surface area (Å²) in [6.45, 7) is 1.97. The van der Waals surface area contributed by atoms with E-state index in [1.165, 1.54) is 18.4 Å². The molecule has 2 aromatic carbocycles. The van der Waals surface area contributed by atoms with E-state index < -0.39 is 12.0 Å². The van der Waals surface area contributed by atoms with E-state index in [2.05, 4.69) is 16.0 Å². The SMILES string of the molecule is CCc1cc(C(=O)OC)c(NC(=O)CC2Nc3cccc4cccc(c34)NC2=O)s1. The second kappa shape index (κ2) is 8.16. The van der Waals surface area contributed by atoms with Crippen molar-refractivity contribution in [3.8, 4) is 0 Å². The Morgan fingerprint density at radius 1 is 1.17 bits per heavy atom. The normalized spacial score (nSPS) is 15.1. The summed E-state index contributed by atoms with van der Waals surface area (Å²) in [5, 5.41) is 11.2. The van der Waals surface area contributed by atoms with Crippen LogP contribution in [0.4, 0.5) is 16.4 Å². The average Bonchev–Trinajstić information content (AvgIpc) is 3.09. The molecule has 4 rings (SSSR count). The van der Waals surface area contributed by atoms with E-state index in [0.717, 1.165) is 27.8 Å². The first-order valence-corrected chi connectivity index (χ1v) is 10.4. The zero-order valence-electron chi connectivity index (χ0n) is 16.6. The fourth-order valence-electron chi connectivity index (χ4n) is 3.52. The molecule has 1 atom stereocenters. The zero-order chi connectivity index (χ0) is 21.3. The maximum atomic E-state index is 12.8. The van der Waals surface area contributed by atoms with Crippen molar-refractivity contribution < 1.29 is 19.1 Å². The van der Waals surface area contributed by atoms with Crippen molar-refractivity contribution in [2.75, 3.05) is 23.1 Å². The standard InChI is InChI=1S/C22H21N3O4S/c1-3-13-10-14(22(28)29-2)21(30-13)25-18(26)11-17-20(27)24-16-9-5-7-12-6-4-8-15(23-17)19(12)16/h4-10,17,23H,3,11H2,1-2H3,(H,24,27)(H,25,26). The van der Waals surface area contributed by atoms with Crippen LogP contribution in [0.3, 0.4) is 0 Å². The number of nitrogens with one attached hydrogen (secondary N) is 3. The second-order valence-electron chi connectivity index (χ2n) is 6.95. The Kier molecular flexibility index (Phi) is 5.41. The highest BCUT2D eigenvalue weighted by Crippen LogP contribution is 2.34. The number of rotatable bonds is 5. The van der Waals surface area contributed by atoms with E-state index in [4.69, 9.17) is 4.74 Å². The lowest BCUT2D eigenvalue weighted by Gasteiger charge is -2.16. The third kappa shape index (κ3) is 3.73. The van der Waals surface area contributed by atoms with Crippen LogP contribution in [0, 0.1) is 0 Å².